The van der Waals surface area contributed by atoms with Crippen molar-refractivity contribution in [3.63, 3.8) is 0 Å². The van der Waals surface area contributed by atoms with E-state index >= 15 is 0 Å². The maximum absolute atomic E-state index is 13.3. The van der Waals surface area contributed by atoms with Gasteiger partial charge in [-0.3, -0.25) is 9.59 Å². The zero-order valence-corrected chi connectivity index (χ0v) is 14.2. The summed E-state index contributed by atoms with van der Waals surface area (Å²) in [6, 6.07) is 15.8. The van der Waals surface area contributed by atoms with Crippen LogP contribution in [0.2, 0.25) is 0 Å². The molecule has 1 aliphatic rings. The minimum absolute atomic E-state index is 0.0391. The lowest BCUT2D eigenvalue weighted by atomic mass is 9.90. The van der Waals surface area contributed by atoms with Crippen LogP contribution in [0.4, 0.5) is 4.39 Å². The van der Waals surface area contributed by atoms with Crippen molar-refractivity contribution in [2.45, 2.75) is 25.7 Å². The minimum atomic E-state index is -0.333. The number of nitrogens with zero attached hydrogens (tertiary/aromatic N) is 1. The van der Waals surface area contributed by atoms with Crippen LogP contribution in [0.3, 0.4) is 0 Å². The van der Waals surface area contributed by atoms with E-state index in [0.717, 1.165) is 18.4 Å². The molecule has 1 amide bonds. The number of hydrogen-bond acceptors (Lipinski definition) is 2. The van der Waals surface area contributed by atoms with Crippen molar-refractivity contribution >= 4 is 11.7 Å². The summed E-state index contributed by atoms with van der Waals surface area (Å²) >= 11 is 0. The minimum Gasteiger partial charge on any atom is -0.342 e. The number of carbonyl (C=O) groups is 2. The highest BCUT2D eigenvalue weighted by molar-refractivity contribution is 5.85. The van der Waals surface area contributed by atoms with Gasteiger partial charge in [0.15, 0.2) is 0 Å². The first kappa shape index (κ1) is 17.3. The average molecular weight is 339 g/mol. The van der Waals surface area contributed by atoms with Crippen LogP contribution < -0.4 is 0 Å². The topological polar surface area (TPSA) is 37.4 Å². The number of likely N-dealkylation sites (tertiary alicyclic amines) is 1. The zero-order valence-electron chi connectivity index (χ0n) is 14.2. The van der Waals surface area contributed by atoms with Crippen LogP contribution in [-0.4, -0.2) is 29.7 Å². The molecule has 1 saturated heterocycles. The standard InChI is InChI=1S/C21H22FNO2/c22-19-10-4-8-17(12-19)14-21(25)23-11-5-9-18(15-23)20(24)13-16-6-2-1-3-7-16/h1-4,6-8,10,12,18H,5,9,11,13-15H2/t18-/m1/s1. The van der Waals surface area contributed by atoms with Crippen LogP contribution >= 0.6 is 0 Å². The monoisotopic (exact) mass is 339 g/mol. The fraction of sp³-hybridized carbons (Fsp3) is 0.333. The Labute approximate surface area is 147 Å². The Bertz CT molecular complexity index is 745. The second-order valence-corrected chi connectivity index (χ2v) is 6.61. The summed E-state index contributed by atoms with van der Waals surface area (Å²) in [6.07, 6.45) is 2.25. The number of halogens is 1. The number of rotatable bonds is 5. The van der Waals surface area contributed by atoms with Crippen molar-refractivity contribution in [1.82, 2.24) is 4.90 Å². The molecule has 1 heterocycles. The molecule has 0 spiro atoms. The van der Waals surface area contributed by atoms with Crippen LogP contribution in [0.15, 0.2) is 54.6 Å². The molecule has 4 heteroatoms. The molecule has 1 atom stereocenters. The fourth-order valence-electron chi connectivity index (χ4n) is 3.34. The first-order valence-corrected chi connectivity index (χ1v) is 8.70. The van der Waals surface area contributed by atoms with Gasteiger partial charge >= 0.3 is 0 Å². The van der Waals surface area contributed by atoms with Crippen LogP contribution in [0.1, 0.15) is 24.0 Å². The van der Waals surface area contributed by atoms with Gasteiger partial charge in [0.2, 0.25) is 5.91 Å². The normalized spacial score (nSPS) is 17.3. The lowest BCUT2D eigenvalue weighted by Crippen LogP contribution is -2.43. The van der Waals surface area contributed by atoms with E-state index in [0.29, 0.717) is 25.1 Å². The van der Waals surface area contributed by atoms with Crippen molar-refractivity contribution in [2.24, 2.45) is 5.92 Å². The first-order chi connectivity index (χ1) is 12.1. The number of Topliss-reactive ketones (excluding diaryl/α,β-unsaturated/α-hetero) is 1. The molecule has 2 aromatic carbocycles. The zero-order chi connectivity index (χ0) is 17.6. The molecule has 3 nitrogen and oxygen atoms in total. The predicted octanol–water partition coefficient (Wildman–Crippen LogP) is 3.42. The Hall–Kier alpha value is -2.49. The van der Waals surface area contributed by atoms with E-state index in [1.165, 1.54) is 12.1 Å². The van der Waals surface area contributed by atoms with Gasteiger partial charge in [-0.2, -0.15) is 0 Å². The lowest BCUT2D eigenvalue weighted by molar-refractivity contribution is -0.134. The van der Waals surface area contributed by atoms with Crippen LogP contribution in [-0.2, 0) is 22.4 Å². The third kappa shape index (κ3) is 4.75. The van der Waals surface area contributed by atoms with E-state index in [1.807, 2.05) is 30.3 Å². The van der Waals surface area contributed by atoms with Gasteiger partial charge < -0.3 is 4.90 Å². The van der Waals surface area contributed by atoms with Gasteiger partial charge in [-0.05, 0) is 36.1 Å². The maximum Gasteiger partial charge on any atom is 0.227 e. The van der Waals surface area contributed by atoms with Gasteiger partial charge in [0.1, 0.15) is 11.6 Å². The highest BCUT2D eigenvalue weighted by Crippen LogP contribution is 2.20. The number of benzene rings is 2. The molecule has 0 radical (unpaired) electrons. The van der Waals surface area contributed by atoms with Gasteiger partial charge in [-0.15, -0.1) is 0 Å². The van der Waals surface area contributed by atoms with Crippen LogP contribution in [0.5, 0.6) is 0 Å². The van der Waals surface area contributed by atoms with E-state index in [1.54, 1.807) is 17.0 Å². The Morgan fingerprint density at radius 2 is 1.76 bits per heavy atom. The summed E-state index contributed by atoms with van der Waals surface area (Å²) < 4.78 is 13.3. The first-order valence-electron chi connectivity index (χ1n) is 8.70. The summed E-state index contributed by atoms with van der Waals surface area (Å²) in [5.41, 5.74) is 1.68. The van der Waals surface area contributed by atoms with E-state index in [4.69, 9.17) is 0 Å². The molecule has 25 heavy (non-hydrogen) atoms. The van der Waals surface area contributed by atoms with Crippen LogP contribution in [0, 0.1) is 11.7 Å². The second-order valence-electron chi connectivity index (χ2n) is 6.61. The number of amides is 1. The molecule has 0 aromatic heterocycles. The van der Waals surface area contributed by atoms with Gasteiger partial charge in [-0.1, -0.05) is 42.5 Å². The van der Waals surface area contributed by atoms with Crippen molar-refractivity contribution in [1.29, 1.82) is 0 Å². The summed E-state index contributed by atoms with van der Waals surface area (Å²) in [6.45, 7) is 1.14. The van der Waals surface area contributed by atoms with E-state index < -0.39 is 0 Å². The molecule has 0 bridgehead atoms. The summed E-state index contributed by atoms with van der Waals surface area (Å²) in [7, 11) is 0. The smallest absolute Gasteiger partial charge is 0.227 e. The number of carbonyl (C=O) groups excluding carboxylic acids is 2. The molecule has 0 N–H and O–H groups in total. The molecule has 2 aromatic rings. The number of ketones is 1. The second kappa shape index (κ2) is 8.06. The Morgan fingerprint density at radius 3 is 2.52 bits per heavy atom. The molecule has 0 saturated carbocycles. The highest BCUT2D eigenvalue weighted by atomic mass is 19.1. The summed E-state index contributed by atoms with van der Waals surface area (Å²) in [5.74, 6) is -0.289. The molecule has 0 unspecified atom stereocenters. The SMILES string of the molecule is O=C(Cc1ccccc1)[C@@H]1CCCN(C(=O)Cc2cccc(F)c2)C1. The largest absolute Gasteiger partial charge is 0.342 e. The Morgan fingerprint density at radius 1 is 1.00 bits per heavy atom. The molecular weight excluding hydrogens is 317 g/mol. The van der Waals surface area contributed by atoms with Gasteiger partial charge in [-0.25, -0.2) is 4.39 Å². The third-order valence-electron chi connectivity index (χ3n) is 4.69. The number of piperidine rings is 1. The molecule has 1 fully saturated rings. The van der Waals surface area contributed by atoms with Crippen LogP contribution in [0.25, 0.3) is 0 Å². The fourth-order valence-corrected chi connectivity index (χ4v) is 3.34. The maximum atomic E-state index is 13.3. The van der Waals surface area contributed by atoms with E-state index in [-0.39, 0.29) is 29.8 Å². The molecular formula is C21H22FNO2. The molecule has 3 rings (SSSR count). The summed E-state index contributed by atoms with van der Waals surface area (Å²) in [4.78, 5) is 26.8. The third-order valence-corrected chi connectivity index (χ3v) is 4.69. The Kier molecular flexibility index (Phi) is 5.59. The number of hydrogen-bond donors (Lipinski definition) is 0. The van der Waals surface area contributed by atoms with Crippen molar-refractivity contribution in [2.75, 3.05) is 13.1 Å². The van der Waals surface area contributed by atoms with Crippen molar-refractivity contribution in [3.05, 3.63) is 71.5 Å². The van der Waals surface area contributed by atoms with Gasteiger partial charge in [0.25, 0.3) is 0 Å². The Balaban J connectivity index is 1.58. The predicted molar refractivity (Wildman–Crippen MR) is 94.6 cm³/mol. The summed E-state index contributed by atoms with van der Waals surface area (Å²) in [5, 5.41) is 0. The molecule has 0 aliphatic carbocycles. The van der Waals surface area contributed by atoms with Gasteiger partial charge in [0.05, 0.1) is 6.42 Å². The lowest BCUT2D eigenvalue weighted by Gasteiger charge is -2.32. The average Bonchev–Trinajstić information content (AvgIpc) is 2.62. The van der Waals surface area contributed by atoms with Gasteiger partial charge in [0, 0.05) is 25.4 Å². The molecule has 130 valence electrons. The van der Waals surface area contributed by atoms with E-state index in [2.05, 4.69) is 0 Å². The molecule has 1 aliphatic heterocycles. The highest BCUT2D eigenvalue weighted by Gasteiger charge is 2.28. The quantitative estimate of drug-likeness (QED) is 0.837. The van der Waals surface area contributed by atoms with Crippen molar-refractivity contribution in [3.8, 4) is 0 Å². The van der Waals surface area contributed by atoms with E-state index in [9.17, 15) is 14.0 Å². The van der Waals surface area contributed by atoms with Crippen molar-refractivity contribution < 1.29 is 14.0 Å².